The molecule has 6 nitrogen and oxygen atoms in total. The highest BCUT2D eigenvalue weighted by Crippen LogP contribution is 2.33. The Balaban J connectivity index is 1.67. The first kappa shape index (κ1) is 20.9. The third kappa shape index (κ3) is 4.70. The molecule has 0 saturated carbocycles. The second kappa shape index (κ2) is 9.20. The largest absolute Gasteiger partial charge is 0.478 e. The number of carboxylic acid groups (broad SMARTS) is 1. The molecule has 0 aliphatic heterocycles. The van der Waals surface area contributed by atoms with Crippen molar-refractivity contribution in [3.05, 3.63) is 94.2 Å². The second-order valence-corrected chi connectivity index (χ2v) is 7.91. The van der Waals surface area contributed by atoms with E-state index in [0.717, 1.165) is 16.3 Å². The number of carbonyl (C=O) groups is 1. The standard InChI is InChI=1S/C23H20FN3O3S/c1-27-14-25-13-18(27)8-10-30-21(22-26-9-11-31-22)16-4-7-19(23(28)29)20(12-16)15-2-5-17(24)6-3-15/h2-7,9,11-14,21H,8,10H2,1H3,(H,28,29). The number of thiazole rings is 1. The van der Waals surface area contributed by atoms with Crippen molar-refractivity contribution < 1.29 is 19.0 Å². The molecule has 0 spiro atoms. The van der Waals surface area contributed by atoms with Crippen LogP contribution in [0.3, 0.4) is 0 Å². The first-order chi connectivity index (χ1) is 15.0. The third-order valence-corrected chi connectivity index (χ3v) is 5.79. The monoisotopic (exact) mass is 437 g/mol. The number of rotatable bonds is 8. The first-order valence-electron chi connectivity index (χ1n) is 9.62. The number of aryl methyl sites for hydroxylation is 1. The van der Waals surface area contributed by atoms with Gasteiger partial charge in [-0.25, -0.2) is 19.2 Å². The summed E-state index contributed by atoms with van der Waals surface area (Å²) in [6.45, 7) is 0.441. The fraction of sp³-hybridized carbons (Fsp3) is 0.174. The van der Waals surface area contributed by atoms with Crippen molar-refractivity contribution in [1.29, 1.82) is 0 Å². The van der Waals surface area contributed by atoms with Crippen LogP contribution in [0.4, 0.5) is 4.39 Å². The van der Waals surface area contributed by atoms with E-state index < -0.39 is 12.1 Å². The third-order valence-electron chi connectivity index (χ3n) is 4.97. The molecule has 0 aliphatic carbocycles. The number of nitrogens with zero attached hydrogens (tertiary/aromatic N) is 3. The Morgan fingerprint density at radius 3 is 2.71 bits per heavy atom. The van der Waals surface area contributed by atoms with Gasteiger partial charge in [0.2, 0.25) is 0 Å². The molecule has 0 radical (unpaired) electrons. The molecule has 8 heteroatoms. The van der Waals surface area contributed by atoms with Crippen molar-refractivity contribution in [3.63, 3.8) is 0 Å². The van der Waals surface area contributed by atoms with Crippen LogP contribution >= 0.6 is 11.3 Å². The summed E-state index contributed by atoms with van der Waals surface area (Å²) in [5.41, 5.74) is 3.09. The van der Waals surface area contributed by atoms with Crippen LogP contribution in [0.2, 0.25) is 0 Å². The van der Waals surface area contributed by atoms with E-state index in [9.17, 15) is 14.3 Å². The highest BCUT2D eigenvalue weighted by atomic mass is 32.1. The van der Waals surface area contributed by atoms with Gasteiger partial charge in [-0.1, -0.05) is 18.2 Å². The van der Waals surface area contributed by atoms with Crippen molar-refractivity contribution in [2.45, 2.75) is 12.5 Å². The Kier molecular flexibility index (Phi) is 6.20. The molecule has 2 aromatic carbocycles. The normalized spacial score (nSPS) is 12.1. The smallest absolute Gasteiger partial charge is 0.336 e. The van der Waals surface area contributed by atoms with E-state index in [1.807, 2.05) is 17.0 Å². The minimum Gasteiger partial charge on any atom is -0.478 e. The molecule has 4 rings (SSSR count). The molecule has 31 heavy (non-hydrogen) atoms. The summed E-state index contributed by atoms with van der Waals surface area (Å²) in [4.78, 5) is 20.3. The van der Waals surface area contributed by atoms with E-state index in [1.54, 1.807) is 49.1 Å². The summed E-state index contributed by atoms with van der Waals surface area (Å²) in [6.07, 6.45) is 5.49. The van der Waals surface area contributed by atoms with Crippen LogP contribution in [0.1, 0.15) is 32.7 Å². The quantitative estimate of drug-likeness (QED) is 0.431. The second-order valence-electron chi connectivity index (χ2n) is 6.98. The molecule has 0 fully saturated rings. The molecule has 0 bridgehead atoms. The summed E-state index contributed by atoms with van der Waals surface area (Å²) in [7, 11) is 1.93. The Morgan fingerprint density at radius 1 is 1.26 bits per heavy atom. The molecule has 0 saturated heterocycles. The van der Waals surface area contributed by atoms with Gasteiger partial charge in [-0.15, -0.1) is 11.3 Å². The minimum absolute atomic E-state index is 0.142. The van der Waals surface area contributed by atoms with Gasteiger partial charge >= 0.3 is 5.97 Å². The van der Waals surface area contributed by atoms with Crippen LogP contribution < -0.4 is 0 Å². The molecular weight excluding hydrogens is 417 g/mol. The highest BCUT2D eigenvalue weighted by Gasteiger charge is 2.21. The Morgan fingerprint density at radius 2 is 2.06 bits per heavy atom. The van der Waals surface area contributed by atoms with Crippen molar-refractivity contribution in [1.82, 2.24) is 14.5 Å². The summed E-state index contributed by atoms with van der Waals surface area (Å²) < 4.78 is 21.5. The van der Waals surface area contributed by atoms with Gasteiger partial charge in [0.05, 0.1) is 18.5 Å². The number of hydrogen-bond donors (Lipinski definition) is 1. The van der Waals surface area contributed by atoms with Gasteiger partial charge in [0, 0.05) is 36.9 Å². The first-order valence-corrected chi connectivity index (χ1v) is 10.5. The summed E-state index contributed by atoms with van der Waals surface area (Å²) in [5.74, 6) is -1.43. The minimum atomic E-state index is -1.05. The zero-order chi connectivity index (χ0) is 21.8. The number of imidazole rings is 1. The maximum absolute atomic E-state index is 13.4. The van der Waals surface area contributed by atoms with Crippen molar-refractivity contribution in [2.24, 2.45) is 7.05 Å². The van der Waals surface area contributed by atoms with E-state index in [2.05, 4.69) is 9.97 Å². The van der Waals surface area contributed by atoms with Crippen molar-refractivity contribution >= 4 is 17.3 Å². The lowest BCUT2D eigenvalue weighted by Crippen LogP contribution is -2.11. The van der Waals surface area contributed by atoms with Gasteiger partial charge in [-0.2, -0.15) is 0 Å². The molecule has 1 atom stereocenters. The molecule has 1 N–H and O–H groups in total. The number of halogens is 1. The van der Waals surface area contributed by atoms with E-state index >= 15 is 0 Å². The molecule has 158 valence electrons. The molecule has 0 aliphatic rings. The van der Waals surface area contributed by atoms with Gasteiger partial charge in [-0.05, 0) is 41.0 Å². The zero-order valence-electron chi connectivity index (χ0n) is 16.7. The fourth-order valence-corrected chi connectivity index (χ4v) is 4.07. The lowest BCUT2D eigenvalue weighted by molar-refractivity contribution is 0.0696. The maximum Gasteiger partial charge on any atom is 0.336 e. The number of aromatic carboxylic acids is 1. The highest BCUT2D eigenvalue weighted by molar-refractivity contribution is 7.09. The summed E-state index contributed by atoms with van der Waals surface area (Å²) in [5, 5.41) is 12.3. The SMILES string of the molecule is Cn1cncc1CCOC(c1ccc(C(=O)O)c(-c2ccc(F)cc2)c1)c1nccs1. The van der Waals surface area contributed by atoms with Gasteiger partial charge in [-0.3, -0.25) is 0 Å². The molecule has 2 aromatic heterocycles. The molecule has 4 aromatic rings. The molecule has 1 unspecified atom stereocenters. The Labute approximate surface area is 182 Å². The van der Waals surface area contributed by atoms with E-state index in [0.29, 0.717) is 24.2 Å². The predicted octanol–water partition coefficient (Wildman–Crippen LogP) is 4.73. The van der Waals surface area contributed by atoms with E-state index in [4.69, 9.17) is 4.74 Å². The number of hydrogen-bond acceptors (Lipinski definition) is 5. The average molecular weight is 437 g/mol. The Hall–Kier alpha value is -3.36. The van der Waals surface area contributed by atoms with E-state index in [-0.39, 0.29) is 11.4 Å². The van der Waals surface area contributed by atoms with Crippen LogP contribution in [0.15, 0.2) is 66.6 Å². The van der Waals surface area contributed by atoms with Crippen molar-refractivity contribution in [3.8, 4) is 11.1 Å². The van der Waals surface area contributed by atoms with Gasteiger partial charge in [0.1, 0.15) is 16.9 Å². The van der Waals surface area contributed by atoms with Gasteiger partial charge in [0.15, 0.2) is 0 Å². The van der Waals surface area contributed by atoms with Gasteiger partial charge < -0.3 is 14.4 Å². The van der Waals surface area contributed by atoms with E-state index in [1.165, 1.54) is 23.5 Å². The van der Waals surface area contributed by atoms with Crippen LogP contribution in [0.5, 0.6) is 0 Å². The van der Waals surface area contributed by atoms with Crippen LogP contribution in [0, 0.1) is 5.82 Å². The summed E-state index contributed by atoms with van der Waals surface area (Å²) >= 11 is 1.47. The fourth-order valence-electron chi connectivity index (χ4n) is 3.36. The lowest BCUT2D eigenvalue weighted by Gasteiger charge is -2.18. The number of aromatic nitrogens is 3. The topological polar surface area (TPSA) is 77.2 Å². The zero-order valence-corrected chi connectivity index (χ0v) is 17.6. The van der Waals surface area contributed by atoms with Crippen LogP contribution in [-0.2, 0) is 18.2 Å². The number of ether oxygens (including phenoxy) is 1. The maximum atomic E-state index is 13.4. The predicted molar refractivity (Wildman–Crippen MR) is 116 cm³/mol. The average Bonchev–Trinajstić information content (AvgIpc) is 3.43. The number of carboxylic acids is 1. The Bertz CT molecular complexity index is 1170. The van der Waals surface area contributed by atoms with Crippen LogP contribution in [0.25, 0.3) is 11.1 Å². The molecule has 0 amide bonds. The number of benzene rings is 2. The molecular formula is C23H20FN3O3S. The lowest BCUT2D eigenvalue weighted by atomic mass is 9.95. The van der Waals surface area contributed by atoms with Gasteiger partial charge in [0.25, 0.3) is 0 Å². The summed E-state index contributed by atoms with van der Waals surface area (Å²) in [6, 6.07) is 10.9. The van der Waals surface area contributed by atoms with Crippen LogP contribution in [-0.4, -0.2) is 32.2 Å². The van der Waals surface area contributed by atoms with Crippen molar-refractivity contribution in [2.75, 3.05) is 6.61 Å². The molecule has 2 heterocycles.